The van der Waals surface area contributed by atoms with E-state index in [-0.39, 0.29) is 11.9 Å². The highest BCUT2D eigenvalue weighted by Gasteiger charge is 2.31. The standard InChI is InChI=1S/C21H25N3O3/c1-2-3-4-15-5-9-17(10-6-15)24(19-13-14-22-21(19)26)18-11-7-16(8-12-18)20(25)23-27/h5-12,19,27H,2-4,13-14H2,1H3,(H,22,26)(H,23,25). The van der Waals surface area contributed by atoms with Gasteiger partial charge in [0.1, 0.15) is 6.04 Å². The fourth-order valence-corrected chi connectivity index (χ4v) is 3.38. The van der Waals surface area contributed by atoms with Crippen molar-refractivity contribution in [1.29, 1.82) is 0 Å². The first-order chi connectivity index (χ1) is 13.1. The summed E-state index contributed by atoms with van der Waals surface area (Å²) in [5.74, 6) is -0.561. The van der Waals surface area contributed by atoms with Gasteiger partial charge in [-0.2, -0.15) is 0 Å². The zero-order valence-corrected chi connectivity index (χ0v) is 15.4. The van der Waals surface area contributed by atoms with E-state index in [0.717, 1.165) is 37.1 Å². The number of amides is 2. The predicted molar refractivity (Wildman–Crippen MR) is 104 cm³/mol. The van der Waals surface area contributed by atoms with Gasteiger partial charge < -0.3 is 10.2 Å². The molecule has 0 spiro atoms. The third kappa shape index (κ3) is 4.28. The first-order valence-electron chi connectivity index (χ1n) is 9.34. The highest BCUT2D eigenvalue weighted by atomic mass is 16.5. The van der Waals surface area contributed by atoms with Crippen molar-refractivity contribution in [2.45, 2.75) is 38.6 Å². The van der Waals surface area contributed by atoms with Crippen LogP contribution in [0.1, 0.15) is 42.1 Å². The second-order valence-electron chi connectivity index (χ2n) is 6.72. The highest BCUT2D eigenvalue weighted by molar-refractivity contribution is 5.94. The van der Waals surface area contributed by atoms with Crippen molar-refractivity contribution in [2.75, 3.05) is 11.4 Å². The molecule has 0 radical (unpaired) electrons. The van der Waals surface area contributed by atoms with Crippen LogP contribution in [0, 0.1) is 0 Å². The second kappa shape index (κ2) is 8.68. The summed E-state index contributed by atoms with van der Waals surface area (Å²) >= 11 is 0. The van der Waals surface area contributed by atoms with Gasteiger partial charge in [-0.3, -0.25) is 14.8 Å². The largest absolute Gasteiger partial charge is 0.354 e. The van der Waals surface area contributed by atoms with Gasteiger partial charge in [-0.05, 0) is 61.2 Å². The number of carbonyl (C=O) groups excluding carboxylic acids is 2. The van der Waals surface area contributed by atoms with Crippen LogP contribution in [0.25, 0.3) is 0 Å². The van der Waals surface area contributed by atoms with Gasteiger partial charge in [0, 0.05) is 23.5 Å². The van der Waals surface area contributed by atoms with Crippen molar-refractivity contribution < 1.29 is 14.8 Å². The van der Waals surface area contributed by atoms with Crippen LogP contribution in [0.5, 0.6) is 0 Å². The van der Waals surface area contributed by atoms with Crippen molar-refractivity contribution >= 4 is 23.2 Å². The van der Waals surface area contributed by atoms with Crippen molar-refractivity contribution in [2.24, 2.45) is 0 Å². The number of benzene rings is 2. The maximum absolute atomic E-state index is 12.3. The monoisotopic (exact) mass is 367 g/mol. The summed E-state index contributed by atoms with van der Waals surface area (Å²) in [5, 5.41) is 11.7. The molecule has 1 unspecified atom stereocenters. The highest BCUT2D eigenvalue weighted by Crippen LogP contribution is 2.31. The van der Waals surface area contributed by atoms with Gasteiger partial charge in [-0.25, -0.2) is 5.48 Å². The molecule has 1 saturated heterocycles. The maximum atomic E-state index is 12.3. The van der Waals surface area contributed by atoms with Gasteiger partial charge in [0.15, 0.2) is 0 Å². The molecule has 3 rings (SSSR count). The average Bonchev–Trinajstić information content (AvgIpc) is 3.13. The van der Waals surface area contributed by atoms with Crippen molar-refractivity contribution in [1.82, 2.24) is 10.8 Å². The molecule has 1 aliphatic heterocycles. The number of hydrogen-bond donors (Lipinski definition) is 3. The maximum Gasteiger partial charge on any atom is 0.274 e. The molecule has 27 heavy (non-hydrogen) atoms. The van der Waals surface area contributed by atoms with Gasteiger partial charge in [-0.15, -0.1) is 0 Å². The SMILES string of the molecule is CCCCc1ccc(N(c2ccc(C(=O)NO)cc2)C2CCNC2=O)cc1. The van der Waals surface area contributed by atoms with Crippen LogP contribution in [0.4, 0.5) is 11.4 Å². The summed E-state index contributed by atoms with van der Waals surface area (Å²) < 4.78 is 0. The molecule has 1 aliphatic rings. The average molecular weight is 367 g/mol. The number of carbonyl (C=O) groups is 2. The lowest BCUT2D eigenvalue weighted by Crippen LogP contribution is -2.37. The molecule has 1 heterocycles. The lowest BCUT2D eigenvalue weighted by molar-refractivity contribution is -0.120. The predicted octanol–water partition coefficient (Wildman–Crippen LogP) is 3.17. The second-order valence-corrected chi connectivity index (χ2v) is 6.72. The van der Waals surface area contributed by atoms with Gasteiger partial charge in [0.2, 0.25) is 5.91 Å². The van der Waals surface area contributed by atoms with Crippen molar-refractivity contribution in [3.8, 4) is 0 Å². The molecule has 2 aromatic carbocycles. The fraction of sp³-hybridized carbons (Fsp3) is 0.333. The van der Waals surface area contributed by atoms with E-state index in [1.807, 2.05) is 17.0 Å². The number of aryl methyl sites for hydroxylation is 1. The summed E-state index contributed by atoms with van der Waals surface area (Å²) in [6.45, 7) is 2.83. The molecular formula is C21H25N3O3. The Morgan fingerprint density at radius 1 is 1.15 bits per heavy atom. The molecule has 1 atom stereocenters. The Morgan fingerprint density at radius 2 is 1.78 bits per heavy atom. The zero-order valence-electron chi connectivity index (χ0n) is 15.4. The van der Waals surface area contributed by atoms with E-state index in [1.165, 1.54) is 5.56 Å². The molecule has 2 amide bonds. The molecule has 0 aliphatic carbocycles. The molecular weight excluding hydrogens is 342 g/mol. The van der Waals surface area contributed by atoms with E-state index in [2.05, 4.69) is 24.4 Å². The number of unbranched alkanes of at least 4 members (excludes halogenated alkanes) is 1. The number of hydroxylamine groups is 1. The Hall–Kier alpha value is -2.86. The topological polar surface area (TPSA) is 81.7 Å². The van der Waals surface area contributed by atoms with Crippen LogP contribution in [-0.2, 0) is 11.2 Å². The normalized spacial score (nSPS) is 16.1. The van der Waals surface area contributed by atoms with Gasteiger partial charge in [-0.1, -0.05) is 25.5 Å². The lowest BCUT2D eigenvalue weighted by atomic mass is 10.1. The van der Waals surface area contributed by atoms with Gasteiger partial charge in [0.25, 0.3) is 5.91 Å². The minimum absolute atomic E-state index is 0.00207. The number of nitrogens with one attached hydrogen (secondary N) is 2. The van der Waals surface area contributed by atoms with Crippen molar-refractivity contribution in [3.63, 3.8) is 0 Å². The summed E-state index contributed by atoms with van der Waals surface area (Å²) in [4.78, 5) is 25.9. The molecule has 1 fully saturated rings. The number of nitrogens with zero attached hydrogens (tertiary/aromatic N) is 1. The van der Waals surface area contributed by atoms with E-state index in [4.69, 9.17) is 5.21 Å². The molecule has 0 saturated carbocycles. The number of hydrogen-bond acceptors (Lipinski definition) is 4. The van der Waals surface area contributed by atoms with E-state index in [1.54, 1.807) is 29.7 Å². The Bertz CT molecular complexity index is 787. The summed E-state index contributed by atoms with van der Waals surface area (Å²) in [6.07, 6.45) is 4.08. The Labute approximate surface area is 159 Å². The Morgan fingerprint density at radius 3 is 2.30 bits per heavy atom. The third-order valence-electron chi connectivity index (χ3n) is 4.87. The first kappa shape index (κ1) is 18.9. The third-order valence-corrected chi connectivity index (χ3v) is 4.87. The summed E-state index contributed by atoms with van der Waals surface area (Å²) in [7, 11) is 0. The van der Waals surface area contributed by atoms with Crippen LogP contribution in [0.15, 0.2) is 48.5 Å². The van der Waals surface area contributed by atoms with Gasteiger partial charge in [0.05, 0.1) is 0 Å². The molecule has 3 N–H and O–H groups in total. The van der Waals surface area contributed by atoms with Crippen LogP contribution in [0.3, 0.4) is 0 Å². The summed E-state index contributed by atoms with van der Waals surface area (Å²) in [5.41, 5.74) is 5.04. The van der Waals surface area contributed by atoms with Crippen LogP contribution >= 0.6 is 0 Å². The number of rotatable bonds is 7. The van der Waals surface area contributed by atoms with E-state index in [0.29, 0.717) is 12.1 Å². The summed E-state index contributed by atoms with van der Waals surface area (Å²) in [6, 6.07) is 14.9. The van der Waals surface area contributed by atoms with Crippen LogP contribution < -0.4 is 15.7 Å². The number of anilines is 2. The van der Waals surface area contributed by atoms with Crippen molar-refractivity contribution in [3.05, 3.63) is 59.7 Å². The smallest absolute Gasteiger partial charge is 0.274 e. The quantitative estimate of drug-likeness (QED) is 0.519. The minimum atomic E-state index is -0.563. The van der Waals surface area contributed by atoms with Gasteiger partial charge >= 0.3 is 0 Å². The van der Waals surface area contributed by atoms with E-state index >= 15 is 0 Å². The first-order valence-corrected chi connectivity index (χ1v) is 9.34. The van der Waals surface area contributed by atoms with Crippen LogP contribution in [-0.4, -0.2) is 29.6 Å². The Balaban J connectivity index is 1.91. The molecule has 6 heteroatoms. The lowest BCUT2D eigenvalue weighted by Gasteiger charge is -2.30. The van der Waals surface area contributed by atoms with E-state index < -0.39 is 5.91 Å². The molecule has 142 valence electrons. The molecule has 0 aromatic heterocycles. The fourth-order valence-electron chi connectivity index (χ4n) is 3.38. The zero-order chi connectivity index (χ0) is 19.2. The Kier molecular flexibility index (Phi) is 6.08. The minimum Gasteiger partial charge on any atom is -0.354 e. The molecule has 2 aromatic rings. The van der Waals surface area contributed by atoms with Crippen LogP contribution in [0.2, 0.25) is 0 Å². The van der Waals surface area contributed by atoms with E-state index in [9.17, 15) is 9.59 Å². The molecule has 6 nitrogen and oxygen atoms in total. The molecule has 0 bridgehead atoms.